The molecule has 0 aromatic heterocycles. The summed E-state index contributed by atoms with van der Waals surface area (Å²) in [5.74, 6) is -0.528. The highest BCUT2D eigenvalue weighted by atomic mass is 16.7. The Morgan fingerprint density at radius 3 is 2.24 bits per heavy atom. The first-order valence-corrected chi connectivity index (χ1v) is 7.92. The van der Waals surface area contributed by atoms with E-state index in [0.717, 1.165) is 0 Å². The first-order valence-electron chi connectivity index (χ1n) is 7.92. The number of rotatable bonds is 4. The van der Waals surface area contributed by atoms with Gasteiger partial charge in [-0.1, -0.05) is 0 Å². The summed E-state index contributed by atoms with van der Waals surface area (Å²) in [6, 6.07) is -1.20. The average Bonchev–Trinajstić information content (AvgIpc) is 2.55. The van der Waals surface area contributed by atoms with E-state index in [1.807, 2.05) is 0 Å². The summed E-state index contributed by atoms with van der Waals surface area (Å²) in [4.78, 5) is 11.4. The summed E-state index contributed by atoms with van der Waals surface area (Å²) in [7, 11) is 0. The van der Waals surface area contributed by atoms with Gasteiger partial charge in [-0.3, -0.25) is 4.79 Å². The lowest BCUT2D eigenvalue weighted by Gasteiger charge is -2.46. The first-order chi connectivity index (χ1) is 11.7. The van der Waals surface area contributed by atoms with Crippen molar-refractivity contribution in [2.24, 2.45) is 0 Å². The quantitative estimate of drug-likeness (QED) is 0.257. The highest BCUT2D eigenvalue weighted by Crippen LogP contribution is 2.28. The summed E-state index contributed by atoms with van der Waals surface area (Å²) < 4.78 is 16.0. The fourth-order valence-corrected chi connectivity index (χ4v) is 2.95. The molecule has 0 radical (unpaired) electrons. The molecule has 0 aromatic carbocycles. The van der Waals surface area contributed by atoms with Crippen molar-refractivity contribution in [2.75, 3.05) is 6.61 Å². The Morgan fingerprint density at radius 2 is 1.68 bits per heavy atom. The second-order valence-corrected chi connectivity index (χ2v) is 6.25. The lowest BCUT2D eigenvalue weighted by molar-refractivity contribution is -0.336. The van der Waals surface area contributed by atoms with Crippen LogP contribution >= 0.6 is 0 Å². The summed E-state index contributed by atoms with van der Waals surface area (Å²) in [6.07, 6.45) is -12.3. The van der Waals surface area contributed by atoms with Crippen molar-refractivity contribution in [1.82, 2.24) is 5.32 Å². The number of carbonyl (C=O) groups is 1. The summed E-state index contributed by atoms with van der Waals surface area (Å²) >= 11 is 0. The maximum absolute atomic E-state index is 11.4. The van der Waals surface area contributed by atoms with Gasteiger partial charge in [0, 0.05) is 6.92 Å². The normalized spacial score (nSPS) is 48.2. The molecule has 0 aliphatic carbocycles. The van der Waals surface area contributed by atoms with Gasteiger partial charge in [-0.15, -0.1) is 0 Å². The summed E-state index contributed by atoms with van der Waals surface area (Å²) in [6.45, 7) is 2.05. The highest BCUT2D eigenvalue weighted by Gasteiger charge is 2.49. The number of aliphatic hydroxyl groups excluding tert-OH is 6. The summed E-state index contributed by atoms with van der Waals surface area (Å²) in [5.41, 5.74) is 0. The van der Waals surface area contributed by atoms with Crippen LogP contribution in [0.4, 0.5) is 0 Å². The van der Waals surface area contributed by atoms with Gasteiger partial charge in [-0.25, -0.2) is 0 Å². The van der Waals surface area contributed by atoms with Crippen LogP contribution in [0.2, 0.25) is 0 Å². The van der Waals surface area contributed by atoms with E-state index in [0.29, 0.717) is 0 Å². The van der Waals surface area contributed by atoms with E-state index >= 15 is 0 Å². The highest BCUT2D eigenvalue weighted by molar-refractivity contribution is 5.73. The van der Waals surface area contributed by atoms with Crippen molar-refractivity contribution in [3.63, 3.8) is 0 Å². The van der Waals surface area contributed by atoms with Gasteiger partial charge in [-0.2, -0.15) is 0 Å². The number of amides is 1. The van der Waals surface area contributed by atoms with Crippen LogP contribution in [0, 0.1) is 0 Å². The number of ether oxygens (including phenoxy) is 3. The van der Waals surface area contributed by atoms with E-state index in [9.17, 15) is 35.4 Å². The Bertz CT molecular complexity index is 465. The molecule has 7 N–H and O–H groups in total. The zero-order valence-corrected chi connectivity index (χ0v) is 13.8. The SMILES string of the molecule is CC(=O)N[C@H]1[C@H](O[C@@H]2[C@@H](O)[C@@H](O)C(O)O[C@H]2C)O[C@H](CO)[C@@H](O)[C@@H]1O. The molecule has 2 aliphatic rings. The van der Waals surface area contributed by atoms with Gasteiger partial charge < -0.3 is 50.2 Å². The zero-order valence-electron chi connectivity index (χ0n) is 13.8. The Hall–Kier alpha value is -0.890. The second-order valence-electron chi connectivity index (χ2n) is 6.25. The second kappa shape index (κ2) is 8.20. The third-order valence-corrected chi connectivity index (χ3v) is 4.34. The predicted octanol–water partition coefficient (Wildman–Crippen LogP) is -4.23. The predicted molar refractivity (Wildman–Crippen MR) is 78.8 cm³/mol. The van der Waals surface area contributed by atoms with Crippen molar-refractivity contribution in [3.8, 4) is 0 Å². The molecule has 0 spiro atoms. The van der Waals surface area contributed by atoms with Crippen molar-refractivity contribution in [1.29, 1.82) is 0 Å². The molecule has 1 amide bonds. The molecule has 2 saturated heterocycles. The van der Waals surface area contributed by atoms with Gasteiger partial charge in [-0.05, 0) is 6.92 Å². The Balaban J connectivity index is 2.19. The topological polar surface area (TPSA) is 178 Å². The van der Waals surface area contributed by atoms with Crippen LogP contribution in [0.1, 0.15) is 13.8 Å². The van der Waals surface area contributed by atoms with Crippen molar-refractivity contribution in [3.05, 3.63) is 0 Å². The fraction of sp³-hybridized carbons (Fsp3) is 0.929. The lowest BCUT2D eigenvalue weighted by Crippen LogP contribution is -2.67. The van der Waals surface area contributed by atoms with Crippen LogP contribution in [0.15, 0.2) is 0 Å². The van der Waals surface area contributed by atoms with Gasteiger partial charge >= 0.3 is 0 Å². The maximum atomic E-state index is 11.4. The van der Waals surface area contributed by atoms with Crippen molar-refractivity contribution < 1.29 is 49.6 Å². The number of nitrogens with one attached hydrogen (secondary N) is 1. The molecular formula is C14H25NO10. The van der Waals surface area contributed by atoms with Gasteiger partial charge in [0.05, 0.1) is 12.7 Å². The first kappa shape index (κ1) is 20.4. The van der Waals surface area contributed by atoms with E-state index in [1.165, 1.54) is 13.8 Å². The van der Waals surface area contributed by atoms with Crippen molar-refractivity contribution in [2.45, 2.75) is 75.2 Å². The van der Waals surface area contributed by atoms with Gasteiger partial charge in [0.1, 0.15) is 42.7 Å². The molecule has 2 heterocycles. The van der Waals surface area contributed by atoms with Gasteiger partial charge in [0.2, 0.25) is 5.91 Å². The van der Waals surface area contributed by atoms with Crippen LogP contribution in [-0.4, -0.2) is 105 Å². The van der Waals surface area contributed by atoms with E-state index in [1.54, 1.807) is 0 Å². The molecular weight excluding hydrogens is 342 g/mol. The Labute approximate surface area is 143 Å². The third-order valence-electron chi connectivity index (χ3n) is 4.34. The number of aliphatic hydroxyl groups is 6. The van der Waals surface area contributed by atoms with Gasteiger partial charge in [0.15, 0.2) is 12.6 Å². The molecule has 146 valence electrons. The third kappa shape index (κ3) is 4.27. The lowest BCUT2D eigenvalue weighted by atomic mass is 9.95. The molecule has 1 unspecified atom stereocenters. The van der Waals surface area contributed by atoms with Crippen LogP contribution in [0.5, 0.6) is 0 Å². The fourth-order valence-electron chi connectivity index (χ4n) is 2.95. The molecule has 0 bridgehead atoms. The Morgan fingerprint density at radius 1 is 1.04 bits per heavy atom. The largest absolute Gasteiger partial charge is 0.394 e. The maximum Gasteiger partial charge on any atom is 0.217 e. The van der Waals surface area contributed by atoms with E-state index in [4.69, 9.17) is 14.2 Å². The molecule has 2 fully saturated rings. The molecule has 0 saturated carbocycles. The molecule has 25 heavy (non-hydrogen) atoms. The minimum absolute atomic E-state index is 0.528. The smallest absolute Gasteiger partial charge is 0.217 e. The van der Waals surface area contributed by atoms with E-state index in [-0.39, 0.29) is 0 Å². The zero-order chi connectivity index (χ0) is 18.9. The molecule has 0 aromatic rings. The van der Waals surface area contributed by atoms with Crippen LogP contribution < -0.4 is 5.32 Å². The average molecular weight is 367 g/mol. The number of hydrogen-bond acceptors (Lipinski definition) is 10. The molecule has 2 rings (SSSR count). The van der Waals surface area contributed by atoms with Crippen molar-refractivity contribution >= 4 is 5.91 Å². The molecule has 11 heteroatoms. The van der Waals surface area contributed by atoms with E-state index < -0.39 is 73.9 Å². The number of hydrogen-bond donors (Lipinski definition) is 7. The monoisotopic (exact) mass is 367 g/mol. The molecule has 10 atom stereocenters. The molecule has 2 aliphatic heterocycles. The minimum Gasteiger partial charge on any atom is -0.394 e. The van der Waals surface area contributed by atoms with Crippen LogP contribution in [-0.2, 0) is 19.0 Å². The summed E-state index contributed by atoms with van der Waals surface area (Å²) in [5, 5.41) is 61.1. The standard InChI is InChI=1S/C14H25NO10/c1-4-12(10(20)11(21)13(22)23-4)25-14-7(15-5(2)17)9(19)8(18)6(3-16)24-14/h4,6-14,16,18-22H,3H2,1-2H3,(H,15,17)/t4-,6+,7+,8+,9+,10-,11+,12-,13?,14-/m0/s1. The number of carbonyl (C=O) groups excluding carboxylic acids is 1. The van der Waals surface area contributed by atoms with Crippen LogP contribution in [0.25, 0.3) is 0 Å². The minimum atomic E-state index is -1.63. The van der Waals surface area contributed by atoms with Gasteiger partial charge in [0.25, 0.3) is 0 Å². The molecule has 11 nitrogen and oxygen atoms in total. The van der Waals surface area contributed by atoms with Crippen LogP contribution in [0.3, 0.4) is 0 Å². The van der Waals surface area contributed by atoms with E-state index in [2.05, 4.69) is 5.32 Å². The Kier molecular flexibility index (Phi) is 6.70.